The number of unbranched alkanes of at least 4 members (excludes halogenated alkanes) is 1. The lowest BCUT2D eigenvalue weighted by molar-refractivity contribution is 0.113. The molecule has 2 aliphatic carbocycles. The van der Waals surface area contributed by atoms with Crippen LogP contribution in [-0.2, 0) is 0 Å². The van der Waals surface area contributed by atoms with Crippen molar-refractivity contribution in [2.45, 2.75) is 70.6 Å². The van der Waals surface area contributed by atoms with Gasteiger partial charge in [0, 0.05) is 0 Å². The van der Waals surface area contributed by atoms with Gasteiger partial charge in [-0.3, -0.25) is 0 Å². The van der Waals surface area contributed by atoms with E-state index in [0.717, 1.165) is 30.2 Å². The maximum Gasteiger partial charge on any atom is 0.134 e. The van der Waals surface area contributed by atoms with Crippen LogP contribution in [0.25, 0.3) is 11.1 Å². The van der Waals surface area contributed by atoms with Crippen molar-refractivity contribution >= 4 is 0 Å². The third-order valence-electron chi connectivity index (χ3n) is 7.34. The quantitative estimate of drug-likeness (QED) is 0.474. The van der Waals surface area contributed by atoms with Crippen LogP contribution in [0.5, 0.6) is 0 Å². The zero-order valence-corrected chi connectivity index (χ0v) is 17.3. The van der Waals surface area contributed by atoms with Crippen molar-refractivity contribution < 1.29 is 13.2 Å². The van der Waals surface area contributed by atoms with Gasteiger partial charge in [0.25, 0.3) is 0 Å². The molecule has 0 heterocycles. The lowest BCUT2D eigenvalue weighted by Crippen LogP contribution is -2.30. The van der Waals surface area contributed by atoms with E-state index in [1.807, 2.05) is 0 Å². The molecule has 0 amide bonds. The van der Waals surface area contributed by atoms with Crippen LogP contribution in [0.4, 0.5) is 13.2 Å². The van der Waals surface area contributed by atoms with Crippen LogP contribution in [0.2, 0.25) is 0 Å². The van der Waals surface area contributed by atoms with Gasteiger partial charge in [-0.25, -0.2) is 13.2 Å². The summed E-state index contributed by atoms with van der Waals surface area (Å²) in [7, 11) is 0. The summed E-state index contributed by atoms with van der Waals surface area (Å²) in [5, 5.41) is 0. The van der Waals surface area contributed by atoms with Crippen molar-refractivity contribution in [2.24, 2.45) is 17.8 Å². The number of hydrogen-bond acceptors (Lipinski definition) is 0. The monoisotopic (exact) mass is 400 g/mol. The molecule has 2 aromatic carbocycles. The van der Waals surface area contributed by atoms with Crippen molar-refractivity contribution in [1.29, 1.82) is 0 Å². The summed E-state index contributed by atoms with van der Waals surface area (Å²) in [6.45, 7) is 2.26. The van der Waals surface area contributed by atoms with E-state index in [9.17, 15) is 13.2 Å². The van der Waals surface area contributed by atoms with Gasteiger partial charge in [0.15, 0.2) is 0 Å². The molecule has 0 bridgehead atoms. The lowest BCUT2D eigenvalue weighted by Gasteiger charge is -2.42. The van der Waals surface area contributed by atoms with Crippen LogP contribution < -0.4 is 0 Å². The van der Waals surface area contributed by atoms with E-state index in [4.69, 9.17) is 0 Å². The molecule has 0 aliphatic heterocycles. The van der Waals surface area contributed by atoms with E-state index >= 15 is 0 Å². The molecule has 2 aliphatic rings. The number of hydrogen-bond donors (Lipinski definition) is 0. The van der Waals surface area contributed by atoms with E-state index in [1.165, 1.54) is 75.3 Å². The second-order valence-corrected chi connectivity index (χ2v) is 9.22. The minimum atomic E-state index is -0.587. The minimum absolute atomic E-state index is 0.127. The Balaban J connectivity index is 1.48. The third-order valence-corrected chi connectivity index (χ3v) is 7.34. The summed E-state index contributed by atoms with van der Waals surface area (Å²) >= 11 is 0. The summed E-state index contributed by atoms with van der Waals surface area (Å²) in [6.07, 6.45) is 11.1. The van der Waals surface area contributed by atoms with E-state index in [2.05, 4.69) is 6.92 Å². The summed E-state index contributed by atoms with van der Waals surface area (Å²) < 4.78 is 43.1. The maximum absolute atomic E-state index is 14.8. The molecule has 156 valence electrons. The van der Waals surface area contributed by atoms with E-state index in [1.54, 1.807) is 6.07 Å². The highest BCUT2D eigenvalue weighted by Crippen LogP contribution is 2.48. The third kappa shape index (κ3) is 4.54. The van der Waals surface area contributed by atoms with E-state index in [0.29, 0.717) is 5.92 Å². The first kappa shape index (κ1) is 20.5. The van der Waals surface area contributed by atoms with Gasteiger partial charge in [-0.05, 0) is 91.2 Å². The average molecular weight is 401 g/mol. The molecule has 2 fully saturated rings. The molecule has 0 radical (unpaired) electrons. The molecule has 4 unspecified atom stereocenters. The average Bonchev–Trinajstić information content (AvgIpc) is 2.71. The van der Waals surface area contributed by atoms with Gasteiger partial charge >= 0.3 is 0 Å². The Morgan fingerprint density at radius 1 is 0.862 bits per heavy atom. The molecular formula is C26H31F3. The lowest BCUT2D eigenvalue weighted by atomic mass is 9.63. The molecule has 0 nitrogen and oxygen atoms in total. The second kappa shape index (κ2) is 8.93. The van der Waals surface area contributed by atoms with Gasteiger partial charge in [-0.1, -0.05) is 44.7 Å². The highest BCUT2D eigenvalue weighted by Gasteiger charge is 2.36. The van der Waals surface area contributed by atoms with Gasteiger partial charge < -0.3 is 0 Å². The first-order chi connectivity index (χ1) is 14.0. The van der Waals surface area contributed by atoms with Gasteiger partial charge in [-0.15, -0.1) is 0 Å². The normalized spacial score (nSPS) is 26.9. The predicted molar refractivity (Wildman–Crippen MR) is 112 cm³/mol. The zero-order chi connectivity index (χ0) is 20.4. The molecule has 4 atom stereocenters. The SMILES string of the molecule is CCCCC1CCC2CC(c3cc(F)c(-c4cccc(F)c4)c(F)c3)CCC2C1. The topological polar surface area (TPSA) is 0 Å². The van der Waals surface area contributed by atoms with Gasteiger partial charge in [0.05, 0.1) is 5.56 Å². The van der Waals surface area contributed by atoms with Crippen LogP contribution in [0.1, 0.15) is 76.2 Å². The predicted octanol–water partition coefficient (Wildman–Crippen LogP) is 8.26. The van der Waals surface area contributed by atoms with Crippen molar-refractivity contribution in [3.63, 3.8) is 0 Å². The molecule has 0 spiro atoms. The molecule has 0 aromatic heterocycles. The van der Waals surface area contributed by atoms with Crippen LogP contribution in [0.3, 0.4) is 0 Å². The Kier molecular flexibility index (Phi) is 6.32. The zero-order valence-electron chi connectivity index (χ0n) is 17.3. The largest absolute Gasteiger partial charge is 0.207 e. The molecule has 0 N–H and O–H groups in total. The van der Waals surface area contributed by atoms with Crippen molar-refractivity contribution in [1.82, 2.24) is 0 Å². The molecule has 0 saturated heterocycles. The van der Waals surface area contributed by atoms with Gasteiger partial charge in [0.2, 0.25) is 0 Å². The Bertz CT molecular complexity index is 821. The first-order valence-electron chi connectivity index (χ1n) is 11.3. The van der Waals surface area contributed by atoms with Crippen LogP contribution in [0.15, 0.2) is 36.4 Å². The molecule has 2 aromatic rings. The number of fused-ring (bicyclic) bond motifs is 1. The molecule has 2 saturated carbocycles. The Morgan fingerprint density at radius 3 is 2.31 bits per heavy atom. The summed E-state index contributed by atoms with van der Waals surface area (Å²) in [4.78, 5) is 0. The van der Waals surface area contributed by atoms with Crippen LogP contribution in [-0.4, -0.2) is 0 Å². The summed E-state index contributed by atoms with van der Waals surface area (Å²) in [5.41, 5.74) is 0.894. The minimum Gasteiger partial charge on any atom is -0.207 e. The standard InChI is InChI=1S/C26H31F3/c1-2-3-5-17-8-9-19-13-20(11-10-18(19)12-17)22-15-24(28)26(25(29)16-22)21-6-4-7-23(27)14-21/h4,6-7,14-20H,2-3,5,8-13H2,1H3. The highest BCUT2D eigenvalue weighted by atomic mass is 19.1. The smallest absolute Gasteiger partial charge is 0.134 e. The molecular weight excluding hydrogens is 369 g/mol. The molecule has 4 rings (SSSR count). The van der Waals surface area contributed by atoms with Crippen molar-refractivity contribution in [3.05, 3.63) is 59.4 Å². The Morgan fingerprint density at radius 2 is 1.59 bits per heavy atom. The van der Waals surface area contributed by atoms with Crippen molar-refractivity contribution in [3.8, 4) is 11.1 Å². The van der Waals surface area contributed by atoms with Gasteiger partial charge in [-0.2, -0.15) is 0 Å². The Hall–Kier alpha value is -1.77. The van der Waals surface area contributed by atoms with E-state index in [-0.39, 0.29) is 17.0 Å². The second-order valence-electron chi connectivity index (χ2n) is 9.22. The highest BCUT2D eigenvalue weighted by molar-refractivity contribution is 5.65. The Labute approximate surface area is 172 Å². The fourth-order valence-corrected chi connectivity index (χ4v) is 5.79. The van der Waals surface area contributed by atoms with Crippen LogP contribution in [0, 0.1) is 35.2 Å². The fraction of sp³-hybridized carbons (Fsp3) is 0.538. The summed E-state index contributed by atoms with van der Waals surface area (Å²) in [5.74, 6) is 0.941. The molecule has 3 heteroatoms. The fourth-order valence-electron chi connectivity index (χ4n) is 5.79. The number of benzene rings is 2. The summed E-state index contributed by atoms with van der Waals surface area (Å²) in [6, 6.07) is 8.47. The number of halogens is 3. The maximum atomic E-state index is 14.8. The van der Waals surface area contributed by atoms with Gasteiger partial charge in [0.1, 0.15) is 17.5 Å². The number of rotatable bonds is 5. The molecule has 29 heavy (non-hydrogen) atoms. The van der Waals surface area contributed by atoms with Crippen molar-refractivity contribution in [2.75, 3.05) is 0 Å². The first-order valence-corrected chi connectivity index (χ1v) is 11.3. The van der Waals surface area contributed by atoms with E-state index < -0.39 is 17.5 Å². The van der Waals surface area contributed by atoms with Crippen LogP contribution >= 0.6 is 0 Å².